The normalized spacial score (nSPS) is 21.3. The highest BCUT2D eigenvalue weighted by Gasteiger charge is 2.42. The Labute approximate surface area is 133 Å². The number of aliphatic hydroxyl groups is 1. The van der Waals surface area contributed by atoms with Gasteiger partial charge in [0.15, 0.2) is 0 Å². The molecule has 0 saturated carbocycles. The van der Waals surface area contributed by atoms with E-state index in [2.05, 4.69) is 5.32 Å². The van der Waals surface area contributed by atoms with Crippen molar-refractivity contribution in [3.63, 3.8) is 0 Å². The summed E-state index contributed by atoms with van der Waals surface area (Å²) in [6.07, 6.45) is 0. The first-order chi connectivity index (χ1) is 10.5. The molecule has 0 saturated heterocycles. The van der Waals surface area contributed by atoms with Gasteiger partial charge >= 0.3 is 6.03 Å². The molecular formula is C15H16ClN3O3. The van der Waals surface area contributed by atoms with Crippen LogP contribution in [0.5, 0.6) is 0 Å². The maximum absolute atomic E-state index is 12.6. The van der Waals surface area contributed by atoms with Gasteiger partial charge in [0.1, 0.15) is 0 Å². The number of hydrogen-bond donors (Lipinski definition) is 2. The summed E-state index contributed by atoms with van der Waals surface area (Å²) < 4.78 is 0. The molecule has 0 aliphatic carbocycles. The van der Waals surface area contributed by atoms with Crippen LogP contribution in [0.2, 0.25) is 5.02 Å². The molecule has 0 fully saturated rings. The number of benzene rings is 1. The lowest BCUT2D eigenvalue weighted by atomic mass is 9.96. The van der Waals surface area contributed by atoms with Crippen molar-refractivity contribution < 1.29 is 14.7 Å². The lowest BCUT2D eigenvalue weighted by molar-refractivity contribution is -0.126. The van der Waals surface area contributed by atoms with Crippen LogP contribution in [-0.2, 0) is 4.79 Å². The van der Waals surface area contributed by atoms with E-state index in [1.54, 1.807) is 36.2 Å². The average molecular weight is 322 g/mol. The van der Waals surface area contributed by atoms with E-state index in [4.69, 9.17) is 16.7 Å². The molecular weight excluding hydrogens is 306 g/mol. The molecule has 22 heavy (non-hydrogen) atoms. The summed E-state index contributed by atoms with van der Waals surface area (Å²) in [5, 5.41) is 12.5. The van der Waals surface area contributed by atoms with Gasteiger partial charge in [-0.2, -0.15) is 0 Å². The molecule has 0 spiro atoms. The highest BCUT2D eigenvalue weighted by Crippen LogP contribution is 2.35. The topological polar surface area (TPSA) is 72.9 Å². The summed E-state index contributed by atoms with van der Waals surface area (Å²) in [6, 6.07) is 6.31. The second kappa shape index (κ2) is 5.62. The van der Waals surface area contributed by atoms with Gasteiger partial charge in [-0.25, -0.2) is 4.79 Å². The summed E-state index contributed by atoms with van der Waals surface area (Å²) in [7, 11) is 1.64. The van der Waals surface area contributed by atoms with Gasteiger partial charge in [0.2, 0.25) is 0 Å². The second-order valence-electron chi connectivity index (χ2n) is 5.30. The van der Waals surface area contributed by atoms with Crippen molar-refractivity contribution in [2.45, 2.75) is 6.04 Å². The third-order valence-corrected chi connectivity index (χ3v) is 4.26. The first-order valence-electron chi connectivity index (χ1n) is 6.95. The van der Waals surface area contributed by atoms with E-state index in [1.165, 1.54) is 4.90 Å². The van der Waals surface area contributed by atoms with Crippen molar-refractivity contribution in [2.24, 2.45) is 0 Å². The zero-order valence-electron chi connectivity index (χ0n) is 12.0. The number of β-amino-alcohol motifs (C(OH)–C–C–N with tert-alkyl or cyclic N) is 1. The molecule has 6 nitrogen and oxygen atoms in total. The van der Waals surface area contributed by atoms with Gasteiger partial charge < -0.3 is 15.3 Å². The van der Waals surface area contributed by atoms with Crippen molar-refractivity contribution in [3.8, 4) is 0 Å². The van der Waals surface area contributed by atoms with Crippen LogP contribution < -0.4 is 5.32 Å². The van der Waals surface area contributed by atoms with Crippen LogP contribution in [0.3, 0.4) is 0 Å². The number of carbonyl (C=O) groups is 2. The fraction of sp³-hybridized carbons (Fsp3) is 0.333. The van der Waals surface area contributed by atoms with Gasteiger partial charge in [0.25, 0.3) is 5.91 Å². The predicted molar refractivity (Wildman–Crippen MR) is 81.2 cm³/mol. The van der Waals surface area contributed by atoms with E-state index in [9.17, 15) is 9.59 Å². The van der Waals surface area contributed by atoms with Crippen molar-refractivity contribution in [3.05, 3.63) is 46.1 Å². The van der Waals surface area contributed by atoms with Gasteiger partial charge in [-0.15, -0.1) is 0 Å². The third-order valence-electron chi connectivity index (χ3n) is 4.01. The number of amides is 3. The maximum atomic E-state index is 12.6. The van der Waals surface area contributed by atoms with Crippen molar-refractivity contribution in [2.75, 3.05) is 26.7 Å². The van der Waals surface area contributed by atoms with Crippen LogP contribution in [0, 0.1) is 0 Å². The molecule has 1 aromatic rings. The van der Waals surface area contributed by atoms with Crippen molar-refractivity contribution in [1.82, 2.24) is 15.1 Å². The Kier molecular flexibility index (Phi) is 3.80. The molecule has 0 radical (unpaired) electrons. The fourth-order valence-corrected chi connectivity index (χ4v) is 2.96. The van der Waals surface area contributed by atoms with Crippen LogP contribution >= 0.6 is 11.6 Å². The number of hydrogen-bond acceptors (Lipinski definition) is 3. The first-order valence-corrected chi connectivity index (χ1v) is 7.33. The molecule has 2 heterocycles. The van der Waals surface area contributed by atoms with Gasteiger partial charge in [0, 0.05) is 18.6 Å². The SMILES string of the molecule is CN1C(=O)NC(c2ccc(Cl)cc2)C2=C1CN(CCO)C2=O. The highest BCUT2D eigenvalue weighted by molar-refractivity contribution is 6.30. The number of carbonyl (C=O) groups excluding carboxylic acids is 2. The van der Waals surface area contributed by atoms with Gasteiger partial charge in [-0.3, -0.25) is 9.69 Å². The number of rotatable bonds is 3. The van der Waals surface area contributed by atoms with Crippen molar-refractivity contribution >= 4 is 23.5 Å². The van der Waals surface area contributed by atoms with Crippen LogP contribution in [0.25, 0.3) is 0 Å². The molecule has 0 aromatic heterocycles. The molecule has 1 unspecified atom stereocenters. The van der Waals surface area contributed by atoms with Gasteiger partial charge in [-0.05, 0) is 17.7 Å². The monoisotopic (exact) mass is 321 g/mol. The number of aliphatic hydroxyl groups excluding tert-OH is 1. The highest BCUT2D eigenvalue weighted by atomic mass is 35.5. The Bertz CT molecular complexity index is 657. The molecule has 3 amide bonds. The molecule has 0 bridgehead atoms. The van der Waals surface area contributed by atoms with E-state index in [1.807, 2.05) is 0 Å². The zero-order valence-corrected chi connectivity index (χ0v) is 12.8. The summed E-state index contributed by atoms with van der Waals surface area (Å²) >= 11 is 5.90. The van der Waals surface area contributed by atoms with Crippen LogP contribution in [-0.4, -0.2) is 53.6 Å². The minimum atomic E-state index is -0.493. The molecule has 2 aliphatic heterocycles. The van der Waals surface area contributed by atoms with Gasteiger partial charge in [-0.1, -0.05) is 23.7 Å². The Morgan fingerprint density at radius 3 is 2.64 bits per heavy atom. The van der Waals surface area contributed by atoms with Crippen LogP contribution in [0.4, 0.5) is 4.79 Å². The average Bonchev–Trinajstić information content (AvgIpc) is 2.82. The minimum Gasteiger partial charge on any atom is -0.395 e. The number of urea groups is 1. The van der Waals surface area contributed by atoms with Crippen LogP contribution in [0.1, 0.15) is 11.6 Å². The van der Waals surface area contributed by atoms with E-state index >= 15 is 0 Å². The van der Waals surface area contributed by atoms with E-state index in [0.717, 1.165) is 5.56 Å². The Morgan fingerprint density at radius 1 is 1.32 bits per heavy atom. The summed E-state index contributed by atoms with van der Waals surface area (Å²) in [5.41, 5.74) is 2.04. The maximum Gasteiger partial charge on any atom is 0.322 e. The first kappa shape index (κ1) is 14.9. The summed E-state index contributed by atoms with van der Waals surface area (Å²) in [5.74, 6) is -0.157. The standard InChI is InChI=1S/C15H16ClN3O3/c1-18-11-8-19(6-7-20)14(21)12(11)13(17-15(18)22)9-2-4-10(16)5-3-9/h2-5,13,20H,6-8H2,1H3,(H,17,22). The van der Waals surface area contributed by atoms with E-state index < -0.39 is 6.04 Å². The van der Waals surface area contributed by atoms with Crippen molar-refractivity contribution in [1.29, 1.82) is 0 Å². The second-order valence-corrected chi connectivity index (χ2v) is 5.74. The van der Waals surface area contributed by atoms with Gasteiger partial charge in [0.05, 0.1) is 30.5 Å². The molecule has 2 aliphatic rings. The molecule has 3 rings (SSSR count). The predicted octanol–water partition coefficient (Wildman–Crippen LogP) is 1.12. The summed E-state index contributed by atoms with van der Waals surface area (Å²) in [4.78, 5) is 27.7. The fourth-order valence-electron chi connectivity index (χ4n) is 2.83. The summed E-state index contributed by atoms with van der Waals surface area (Å²) in [6.45, 7) is 0.479. The van der Waals surface area contributed by atoms with E-state index in [-0.39, 0.29) is 25.1 Å². The lowest BCUT2D eigenvalue weighted by Gasteiger charge is -2.31. The molecule has 7 heteroatoms. The number of nitrogens with zero attached hydrogens (tertiary/aromatic N) is 2. The quantitative estimate of drug-likeness (QED) is 0.876. The third kappa shape index (κ3) is 2.34. The number of likely N-dealkylation sites (N-methyl/N-ethyl adjacent to an activating group) is 1. The smallest absolute Gasteiger partial charge is 0.322 e. The zero-order chi connectivity index (χ0) is 15.9. The molecule has 2 N–H and O–H groups in total. The number of halogens is 1. The molecule has 1 aromatic carbocycles. The number of nitrogens with one attached hydrogen (secondary N) is 1. The van der Waals surface area contributed by atoms with E-state index in [0.29, 0.717) is 22.8 Å². The van der Waals surface area contributed by atoms with Crippen LogP contribution in [0.15, 0.2) is 35.5 Å². The molecule has 116 valence electrons. The lowest BCUT2D eigenvalue weighted by Crippen LogP contribution is -2.45. The Hall–Kier alpha value is -2.05. The Balaban J connectivity index is 2.02. The molecule has 1 atom stereocenters. The minimum absolute atomic E-state index is 0.108. The Morgan fingerprint density at radius 2 is 2.00 bits per heavy atom. The largest absolute Gasteiger partial charge is 0.395 e.